The number of hydrogen-bond donors (Lipinski definition) is 1. The molecule has 0 amide bonds. The molecule has 2 nitrogen and oxygen atoms in total. The summed E-state index contributed by atoms with van der Waals surface area (Å²) >= 11 is 0. The van der Waals surface area contributed by atoms with Gasteiger partial charge in [0.25, 0.3) is 0 Å². The summed E-state index contributed by atoms with van der Waals surface area (Å²) in [5.41, 5.74) is 1.18. The number of likely N-dealkylation sites (N-methyl/N-ethyl adjacent to an activating group) is 1. The lowest BCUT2D eigenvalue weighted by molar-refractivity contribution is 0.271. The van der Waals surface area contributed by atoms with Crippen molar-refractivity contribution in [1.29, 1.82) is 0 Å². The van der Waals surface area contributed by atoms with Gasteiger partial charge >= 0.3 is 0 Å². The zero-order valence-electron chi connectivity index (χ0n) is 12.0. The Hall–Kier alpha value is -0.930. The summed E-state index contributed by atoms with van der Waals surface area (Å²) in [5.74, 6) is -0.163. The first kappa shape index (κ1) is 14.5. The second-order valence-electron chi connectivity index (χ2n) is 5.33. The molecule has 2 rings (SSSR count). The highest BCUT2D eigenvalue weighted by molar-refractivity contribution is 5.19. The summed E-state index contributed by atoms with van der Waals surface area (Å²) in [4.78, 5) is 2.55. The highest BCUT2D eigenvalue weighted by Crippen LogP contribution is 2.26. The van der Waals surface area contributed by atoms with Crippen molar-refractivity contribution in [3.8, 4) is 0 Å². The Balaban J connectivity index is 1.80. The predicted octanol–water partition coefficient (Wildman–Crippen LogP) is 3.35. The maximum Gasteiger partial charge on any atom is 0.123 e. The third-order valence-corrected chi connectivity index (χ3v) is 3.94. The topological polar surface area (TPSA) is 15.3 Å². The van der Waals surface area contributed by atoms with Gasteiger partial charge in [0.1, 0.15) is 5.82 Å². The lowest BCUT2D eigenvalue weighted by Gasteiger charge is -2.23. The summed E-state index contributed by atoms with van der Waals surface area (Å²) in [7, 11) is 0. The number of rotatable bonds is 8. The highest BCUT2D eigenvalue weighted by Gasteiger charge is 2.27. The zero-order valence-corrected chi connectivity index (χ0v) is 12.0. The predicted molar refractivity (Wildman–Crippen MR) is 77.7 cm³/mol. The highest BCUT2D eigenvalue weighted by atomic mass is 19.1. The van der Waals surface area contributed by atoms with Gasteiger partial charge in [-0.25, -0.2) is 4.39 Å². The van der Waals surface area contributed by atoms with Crippen LogP contribution in [0.5, 0.6) is 0 Å². The van der Waals surface area contributed by atoms with Crippen LogP contribution in [0.25, 0.3) is 0 Å². The fourth-order valence-electron chi connectivity index (χ4n) is 2.61. The van der Waals surface area contributed by atoms with Gasteiger partial charge in [0, 0.05) is 25.2 Å². The third kappa shape index (κ3) is 4.29. The number of nitrogens with one attached hydrogen (secondary N) is 1. The molecular weight excluding hydrogens is 239 g/mol. The van der Waals surface area contributed by atoms with E-state index in [0.29, 0.717) is 6.04 Å². The average Bonchev–Trinajstić information content (AvgIpc) is 3.25. The summed E-state index contributed by atoms with van der Waals surface area (Å²) < 4.78 is 12.9. The van der Waals surface area contributed by atoms with E-state index in [9.17, 15) is 4.39 Å². The van der Waals surface area contributed by atoms with Crippen LogP contribution in [0.3, 0.4) is 0 Å². The third-order valence-electron chi connectivity index (χ3n) is 3.94. The molecule has 0 saturated heterocycles. The molecular formula is C16H25FN2. The van der Waals surface area contributed by atoms with Crippen LogP contribution in [0.2, 0.25) is 0 Å². The Morgan fingerprint density at radius 1 is 1.26 bits per heavy atom. The van der Waals surface area contributed by atoms with Gasteiger partial charge in [-0.05, 0) is 43.5 Å². The molecule has 1 saturated carbocycles. The van der Waals surface area contributed by atoms with Gasteiger partial charge < -0.3 is 5.32 Å². The Labute approximate surface area is 116 Å². The van der Waals surface area contributed by atoms with E-state index in [1.807, 2.05) is 12.1 Å². The Morgan fingerprint density at radius 3 is 2.47 bits per heavy atom. The summed E-state index contributed by atoms with van der Waals surface area (Å²) in [5, 5.41) is 3.59. The first-order valence-electron chi connectivity index (χ1n) is 7.47. The fraction of sp³-hybridized carbons (Fsp3) is 0.625. The Morgan fingerprint density at radius 2 is 1.95 bits per heavy atom. The van der Waals surface area contributed by atoms with Crippen molar-refractivity contribution in [3.05, 3.63) is 35.6 Å². The largest absolute Gasteiger partial charge is 0.309 e. The quantitative estimate of drug-likeness (QED) is 0.774. The molecule has 0 radical (unpaired) electrons. The van der Waals surface area contributed by atoms with Crippen LogP contribution in [0.4, 0.5) is 4.39 Å². The van der Waals surface area contributed by atoms with E-state index in [1.54, 1.807) is 12.1 Å². The van der Waals surface area contributed by atoms with Crippen LogP contribution in [0.1, 0.15) is 44.7 Å². The molecule has 1 aromatic carbocycles. The SMILES string of the molecule is CCC(NCCN(CC)C1CC1)c1ccc(F)cc1. The van der Waals surface area contributed by atoms with E-state index >= 15 is 0 Å². The lowest BCUT2D eigenvalue weighted by atomic mass is 10.0. The van der Waals surface area contributed by atoms with Crippen molar-refractivity contribution in [2.45, 2.75) is 45.2 Å². The van der Waals surface area contributed by atoms with Crippen molar-refractivity contribution >= 4 is 0 Å². The van der Waals surface area contributed by atoms with Gasteiger partial charge in [0.2, 0.25) is 0 Å². The molecule has 0 heterocycles. The van der Waals surface area contributed by atoms with Crippen molar-refractivity contribution in [1.82, 2.24) is 10.2 Å². The minimum Gasteiger partial charge on any atom is -0.309 e. The second kappa shape index (κ2) is 7.01. The normalized spacial score (nSPS) is 16.8. The number of benzene rings is 1. The molecule has 106 valence electrons. The smallest absolute Gasteiger partial charge is 0.123 e. The van der Waals surface area contributed by atoms with E-state index in [4.69, 9.17) is 0 Å². The number of hydrogen-bond acceptors (Lipinski definition) is 2. The molecule has 1 aromatic rings. The molecule has 1 unspecified atom stereocenters. The van der Waals surface area contributed by atoms with Crippen LogP contribution in [-0.4, -0.2) is 30.6 Å². The summed E-state index contributed by atoms with van der Waals surface area (Å²) in [6.07, 6.45) is 3.76. The van der Waals surface area contributed by atoms with Crippen LogP contribution in [0, 0.1) is 5.82 Å². The molecule has 1 N–H and O–H groups in total. The molecule has 1 aliphatic carbocycles. The van der Waals surface area contributed by atoms with Crippen molar-refractivity contribution in [2.75, 3.05) is 19.6 Å². The first-order valence-corrected chi connectivity index (χ1v) is 7.47. The molecule has 3 heteroatoms. The summed E-state index contributed by atoms with van der Waals surface area (Å²) in [6.45, 7) is 7.65. The molecule has 0 spiro atoms. The van der Waals surface area contributed by atoms with Gasteiger partial charge in [0.05, 0.1) is 0 Å². The van der Waals surface area contributed by atoms with Gasteiger partial charge in [-0.3, -0.25) is 4.90 Å². The maximum atomic E-state index is 12.9. The minimum absolute atomic E-state index is 0.163. The molecule has 19 heavy (non-hydrogen) atoms. The van der Waals surface area contributed by atoms with Crippen molar-refractivity contribution < 1.29 is 4.39 Å². The van der Waals surface area contributed by atoms with E-state index in [2.05, 4.69) is 24.1 Å². The minimum atomic E-state index is -0.163. The Bertz CT molecular complexity index is 373. The zero-order chi connectivity index (χ0) is 13.7. The second-order valence-corrected chi connectivity index (χ2v) is 5.33. The van der Waals surface area contributed by atoms with Gasteiger partial charge in [-0.1, -0.05) is 26.0 Å². The molecule has 0 aliphatic heterocycles. The molecule has 0 aromatic heterocycles. The van der Waals surface area contributed by atoms with Gasteiger partial charge in [0.15, 0.2) is 0 Å². The van der Waals surface area contributed by atoms with E-state index in [1.165, 1.54) is 18.4 Å². The maximum absolute atomic E-state index is 12.9. The fourth-order valence-corrected chi connectivity index (χ4v) is 2.61. The monoisotopic (exact) mass is 264 g/mol. The summed E-state index contributed by atoms with van der Waals surface area (Å²) in [6, 6.07) is 8.02. The van der Waals surface area contributed by atoms with Crippen molar-refractivity contribution in [3.63, 3.8) is 0 Å². The first-order chi connectivity index (χ1) is 9.24. The van der Waals surface area contributed by atoms with Crippen LogP contribution in [0.15, 0.2) is 24.3 Å². The lowest BCUT2D eigenvalue weighted by Crippen LogP contribution is -2.35. The number of nitrogens with zero attached hydrogens (tertiary/aromatic N) is 1. The average molecular weight is 264 g/mol. The Kier molecular flexibility index (Phi) is 5.34. The van der Waals surface area contributed by atoms with E-state index in [0.717, 1.165) is 32.1 Å². The van der Waals surface area contributed by atoms with E-state index in [-0.39, 0.29) is 5.82 Å². The molecule has 1 fully saturated rings. The number of halogens is 1. The standard InChI is InChI=1S/C16H25FN2/c1-3-16(13-5-7-14(17)8-6-13)18-11-12-19(4-2)15-9-10-15/h5-8,15-16,18H,3-4,9-12H2,1-2H3. The molecule has 1 atom stereocenters. The molecule has 0 bridgehead atoms. The van der Waals surface area contributed by atoms with Crippen LogP contribution >= 0.6 is 0 Å². The van der Waals surface area contributed by atoms with Crippen LogP contribution in [-0.2, 0) is 0 Å². The van der Waals surface area contributed by atoms with Crippen LogP contribution < -0.4 is 5.32 Å². The van der Waals surface area contributed by atoms with Crippen molar-refractivity contribution in [2.24, 2.45) is 0 Å². The molecule has 1 aliphatic rings. The van der Waals surface area contributed by atoms with E-state index < -0.39 is 0 Å². The van der Waals surface area contributed by atoms with Gasteiger partial charge in [-0.2, -0.15) is 0 Å². The van der Waals surface area contributed by atoms with Gasteiger partial charge in [-0.15, -0.1) is 0 Å².